The second kappa shape index (κ2) is 11.5. The molecule has 0 saturated heterocycles. The molecule has 6 nitrogen and oxygen atoms in total. The van der Waals surface area contributed by atoms with Crippen molar-refractivity contribution in [3.8, 4) is 11.5 Å². The van der Waals surface area contributed by atoms with Crippen LogP contribution in [0.1, 0.15) is 11.1 Å². The third kappa shape index (κ3) is 6.28. The number of ether oxygens (including phenoxy) is 2. The Morgan fingerprint density at radius 3 is 1.32 bits per heavy atom. The van der Waals surface area contributed by atoms with Crippen LogP contribution in [-0.2, 0) is 22.8 Å². The third-order valence-electron chi connectivity index (χ3n) is 6.33. The predicted octanol–water partition coefficient (Wildman–Crippen LogP) is 6.22. The largest absolute Gasteiger partial charge is 0.489 e. The number of benzene rings is 4. The van der Waals surface area contributed by atoms with Crippen LogP contribution in [0.25, 0.3) is 0 Å². The molecule has 0 unspecified atom stereocenters. The Morgan fingerprint density at radius 2 is 0.947 bits per heavy atom. The summed E-state index contributed by atoms with van der Waals surface area (Å²) in [7, 11) is 0. The fourth-order valence-corrected chi connectivity index (χ4v) is 4.15. The minimum Gasteiger partial charge on any atom is -0.489 e. The van der Waals surface area contributed by atoms with Gasteiger partial charge in [-0.3, -0.25) is 9.59 Å². The van der Waals surface area contributed by atoms with Gasteiger partial charge in [0, 0.05) is 11.4 Å². The number of carbonyl (C=O) groups excluding carboxylic acids is 2. The summed E-state index contributed by atoms with van der Waals surface area (Å²) in [5.41, 5.74) is 4.02. The Balaban J connectivity index is 1.09. The van der Waals surface area contributed by atoms with Gasteiger partial charge < -0.3 is 20.1 Å². The highest BCUT2D eigenvalue weighted by atomic mass is 16.5. The number of rotatable bonds is 10. The summed E-state index contributed by atoms with van der Waals surface area (Å²) in [5.74, 6) is -0.210. The van der Waals surface area contributed by atoms with Crippen molar-refractivity contribution in [1.29, 1.82) is 0 Å². The Bertz CT molecular complexity index is 1290. The van der Waals surface area contributed by atoms with E-state index in [1.165, 1.54) is 0 Å². The minimum absolute atomic E-state index is 0.252. The average molecular weight is 505 g/mol. The number of carbonyl (C=O) groups is 2. The van der Waals surface area contributed by atoms with E-state index < -0.39 is 11.8 Å². The average Bonchev–Trinajstić information content (AvgIpc) is 3.64. The Labute approximate surface area is 221 Å². The molecule has 2 amide bonds. The van der Waals surface area contributed by atoms with Gasteiger partial charge in [-0.05, 0) is 59.7 Å². The van der Waals surface area contributed by atoms with Gasteiger partial charge in [-0.1, -0.05) is 72.8 Å². The van der Waals surface area contributed by atoms with E-state index in [-0.39, 0.29) is 11.8 Å². The second-order valence-corrected chi connectivity index (χ2v) is 9.11. The summed E-state index contributed by atoms with van der Waals surface area (Å²) in [5, 5.41) is 5.73. The van der Waals surface area contributed by atoms with Crippen molar-refractivity contribution in [1.82, 2.24) is 0 Å². The van der Waals surface area contributed by atoms with Crippen LogP contribution in [0.4, 0.5) is 11.4 Å². The molecular weight excluding hydrogens is 476 g/mol. The van der Waals surface area contributed by atoms with Gasteiger partial charge in [-0.15, -0.1) is 0 Å². The van der Waals surface area contributed by atoms with E-state index >= 15 is 0 Å². The lowest BCUT2D eigenvalue weighted by atomic mass is 10.2. The number of amides is 2. The van der Waals surface area contributed by atoms with Crippen molar-refractivity contribution in [2.45, 2.75) is 13.2 Å². The molecule has 0 aromatic heterocycles. The molecule has 5 rings (SSSR count). The second-order valence-electron chi connectivity index (χ2n) is 9.11. The van der Waals surface area contributed by atoms with E-state index in [0.717, 1.165) is 11.1 Å². The van der Waals surface area contributed by atoms with Gasteiger partial charge in [0.05, 0.1) is 11.8 Å². The molecular formula is C32H28N2O4. The van der Waals surface area contributed by atoms with E-state index in [9.17, 15) is 9.59 Å². The maximum Gasteiger partial charge on any atom is 0.232 e. The van der Waals surface area contributed by atoms with E-state index in [2.05, 4.69) is 17.2 Å². The molecule has 1 aliphatic rings. The van der Waals surface area contributed by atoms with Gasteiger partial charge in [0.25, 0.3) is 0 Å². The predicted molar refractivity (Wildman–Crippen MR) is 148 cm³/mol. The van der Waals surface area contributed by atoms with Gasteiger partial charge in [-0.2, -0.15) is 0 Å². The minimum atomic E-state index is -0.558. The molecule has 0 aliphatic heterocycles. The number of hydrogen-bond donors (Lipinski definition) is 2. The van der Waals surface area contributed by atoms with Crippen molar-refractivity contribution in [2.75, 3.05) is 10.6 Å². The van der Waals surface area contributed by atoms with Gasteiger partial charge in [0.1, 0.15) is 24.7 Å². The number of hydrogen-bond acceptors (Lipinski definition) is 4. The topological polar surface area (TPSA) is 76.7 Å². The first-order valence-electron chi connectivity index (χ1n) is 12.4. The van der Waals surface area contributed by atoms with E-state index in [1.54, 1.807) is 48.5 Å². The highest BCUT2D eigenvalue weighted by Gasteiger charge is 2.52. The molecule has 6 heteroatoms. The van der Waals surface area contributed by atoms with Crippen LogP contribution in [-0.4, -0.2) is 11.8 Å². The van der Waals surface area contributed by atoms with Gasteiger partial charge in [0.15, 0.2) is 0 Å². The quantitative estimate of drug-likeness (QED) is 0.251. The molecule has 0 radical (unpaired) electrons. The van der Waals surface area contributed by atoms with E-state index in [1.807, 2.05) is 60.7 Å². The van der Waals surface area contributed by atoms with E-state index in [4.69, 9.17) is 9.47 Å². The molecule has 2 atom stereocenters. The molecule has 0 spiro atoms. The van der Waals surface area contributed by atoms with Crippen LogP contribution in [0.3, 0.4) is 0 Å². The fourth-order valence-electron chi connectivity index (χ4n) is 4.15. The van der Waals surface area contributed by atoms with Crippen molar-refractivity contribution in [2.24, 2.45) is 11.8 Å². The first-order chi connectivity index (χ1) is 18.6. The molecule has 4 aromatic rings. The zero-order valence-corrected chi connectivity index (χ0v) is 20.8. The summed E-state index contributed by atoms with van der Waals surface area (Å²) < 4.78 is 11.6. The number of anilines is 2. The summed E-state index contributed by atoms with van der Waals surface area (Å²) in [6.07, 6.45) is 0. The van der Waals surface area contributed by atoms with Crippen molar-refractivity contribution < 1.29 is 19.1 Å². The lowest BCUT2D eigenvalue weighted by Crippen LogP contribution is -2.20. The first kappa shape index (κ1) is 24.8. The highest BCUT2D eigenvalue weighted by Crippen LogP contribution is 2.45. The lowest BCUT2D eigenvalue weighted by molar-refractivity contribution is -0.122. The molecule has 0 heterocycles. The summed E-state index contributed by atoms with van der Waals surface area (Å²) in [6.45, 7) is 4.86. The first-order valence-corrected chi connectivity index (χ1v) is 12.4. The summed E-state index contributed by atoms with van der Waals surface area (Å²) >= 11 is 0. The Hall–Kier alpha value is -4.84. The highest BCUT2D eigenvalue weighted by molar-refractivity contribution is 6.08. The standard InChI is InChI=1S/C32H28N2O4/c1-22-29(31(35)33-25-12-16-27(17-13-25)37-20-23-8-4-2-5-9-23)30(22)32(36)34-26-14-18-28(19-15-26)38-21-24-10-6-3-7-11-24/h2-19,29-30H,1,20-21H2,(H,33,35)(H,34,36)/t29-,30-/m0/s1. The SMILES string of the molecule is C=C1[C@H](C(=O)Nc2ccc(OCc3ccccc3)cc2)[C@H]1C(=O)Nc1ccc(OCc2ccccc2)cc1. The lowest BCUT2D eigenvalue weighted by Gasteiger charge is -2.09. The molecule has 2 N–H and O–H groups in total. The molecule has 0 bridgehead atoms. The van der Waals surface area contributed by atoms with Crippen molar-refractivity contribution in [3.63, 3.8) is 0 Å². The zero-order chi connectivity index (χ0) is 26.3. The Kier molecular flexibility index (Phi) is 7.50. The van der Waals surface area contributed by atoms with Crippen LogP contribution in [0.15, 0.2) is 121 Å². The molecule has 38 heavy (non-hydrogen) atoms. The fraction of sp³-hybridized carbons (Fsp3) is 0.125. The van der Waals surface area contributed by atoms with Crippen LogP contribution >= 0.6 is 0 Å². The smallest absolute Gasteiger partial charge is 0.232 e. The van der Waals surface area contributed by atoms with Crippen molar-refractivity contribution in [3.05, 3.63) is 132 Å². The maximum absolute atomic E-state index is 12.8. The van der Waals surface area contributed by atoms with Crippen molar-refractivity contribution >= 4 is 23.2 Å². The monoisotopic (exact) mass is 504 g/mol. The molecule has 1 saturated carbocycles. The van der Waals surface area contributed by atoms with Gasteiger partial charge in [-0.25, -0.2) is 0 Å². The Morgan fingerprint density at radius 1 is 0.579 bits per heavy atom. The third-order valence-corrected chi connectivity index (χ3v) is 6.33. The summed E-state index contributed by atoms with van der Waals surface area (Å²) in [6, 6.07) is 34.1. The van der Waals surface area contributed by atoms with Crippen LogP contribution < -0.4 is 20.1 Å². The molecule has 4 aromatic carbocycles. The molecule has 1 fully saturated rings. The van der Waals surface area contributed by atoms with Crippen LogP contribution in [0.5, 0.6) is 11.5 Å². The van der Waals surface area contributed by atoms with E-state index in [0.29, 0.717) is 41.7 Å². The van der Waals surface area contributed by atoms with Gasteiger partial charge >= 0.3 is 0 Å². The number of nitrogens with one attached hydrogen (secondary N) is 2. The zero-order valence-electron chi connectivity index (χ0n) is 20.8. The van der Waals surface area contributed by atoms with Crippen LogP contribution in [0, 0.1) is 11.8 Å². The maximum atomic E-state index is 12.8. The normalized spacial score (nSPS) is 15.8. The van der Waals surface area contributed by atoms with Crippen LogP contribution in [0.2, 0.25) is 0 Å². The molecule has 190 valence electrons. The molecule has 1 aliphatic carbocycles. The van der Waals surface area contributed by atoms with Gasteiger partial charge in [0.2, 0.25) is 11.8 Å². The summed E-state index contributed by atoms with van der Waals surface area (Å²) in [4.78, 5) is 25.6.